The quantitative estimate of drug-likeness (QED) is 0.151. The summed E-state index contributed by atoms with van der Waals surface area (Å²) >= 11 is 0. The van der Waals surface area contributed by atoms with Crippen molar-refractivity contribution in [2.75, 3.05) is 0 Å². The average molecular weight is 488 g/mol. The standard InChI is InChI=1S/C33H45NO2/c1-3-5-7-9-11-13-27-16-23-32(31(24-27)25-34)36-33(35)30-21-19-29(20-22-30)28-17-14-26(15-18-28)12-10-8-6-4-2/h16,19-24,26,28H,3-15,17-18H2,1-2H3. The number of esters is 1. The number of nitriles is 1. The molecule has 3 heteroatoms. The summed E-state index contributed by atoms with van der Waals surface area (Å²) in [5, 5.41) is 9.60. The number of hydrogen-bond acceptors (Lipinski definition) is 3. The van der Waals surface area contributed by atoms with Crippen molar-refractivity contribution < 1.29 is 9.53 Å². The number of hydrogen-bond donors (Lipinski definition) is 0. The summed E-state index contributed by atoms with van der Waals surface area (Å²) in [5.74, 6) is 1.44. The van der Waals surface area contributed by atoms with Gasteiger partial charge in [0.2, 0.25) is 0 Å². The second-order valence-corrected chi connectivity index (χ2v) is 10.7. The smallest absolute Gasteiger partial charge is 0.343 e. The maximum absolute atomic E-state index is 12.8. The summed E-state index contributed by atoms with van der Waals surface area (Å²) in [7, 11) is 0. The van der Waals surface area contributed by atoms with Crippen molar-refractivity contribution in [2.24, 2.45) is 5.92 Å². The Hall–Kier alpha value is -2.60. The van der Waals surface area contributed by atoms with Crippen LogP contribution in [0.5, 0.6) is 5.75 Å². The Morgan fingerprint density at radius 3 is 2.19 bits per heavy atom. The zero-order valence-corrected chi connectivity index (χ0v) is 22.6. The molecule has 0 radical (unpaired) electrons. The summed E-state index contributed by atoms with van der Waals surface area (Å²) in [5.41, 5.74) is 3.42. The molecule has 0 unspecified atom stereocenters. The van der Waals surface area contributed by atoms with Crippen LogP contribution in [0, 0.1) is 17.2 Å². The van der Waals surface area contributed by atoms with Crippen LogP contribution in [-0.4, -0.2) is 5.97 Å². The van der Waals surface area contributed by atoms with E-state index in [1.54, 1.807) is 6.07 Å². The maximum Gasteiger partial charge on any atom is 0.343 e. The Balaban J connectivity index is 1.49. The molecular formula is C33H45NO2. The molecule has 1 fully saturated rings. The Kier molecular flexibility index (Phi) is 12.0. The second-order valence-electron chi connectivity index (χ2n) is 10.7. The van der Waals surface area contributed by atoms with Gasteiger partial charge in [0.05, 0.1) is 11.1 Å². The summed E-state index contributed by atoms with van der Waals surface area (Å²) in [4.78, 5) is 12.8. The van der Waals surface area contributed by atoms with E-state index in [1.807, 2.05) is 24.3 Å². The zero-order valence-electron chi connectivity index (χ0n) is 22.6. The first-order chi connectivity index (χ1) is 17.6. The second kappa shape index (κ2) is 15.5. The normalized spacial score (nSPS) is 17.5. The van der Waals surface area contributed by atoms with Crippen molar-refractivity contribution in [1.29, 1.82) is 5.26 Å². The van der Waals surface area contributed by atoms with Gasteiger partial charge in [-0.05, 0) is 85.8 Å². The van der Waals surface area contributed by atoms with Crippen LogP contribution in [0.2, 0.25) is 0 Å². The van der Waals surface area contributed by atoms with Crippen LogP contribution >= 0.6 is 0 Å². The molecule has 0 atom stereocenters. The van der Waals surface area contributed by atoms with Crippen LogP contribution in [-0.2, 0) is 6.42 Å². The van der Waals surface area contributed by atoms with E-state index in [4.69, 9.17) is 4.74 Å². The van der Waals surface area contributed by atoms with Crippen LogP contribution in [0.3, 0.4) is 0 Å². The maximum atomic E-state index is 12.8. The highest BCUT2D eigenvalue weighted by Crippen LogP contribution is 2.38. The highest BCUT2D eigenvalue weighted by Gasteiger charge is 2.22. The molecule has 36 heavy (non-hydrogen) atoms. The summed E-state index contributed by atoms with van der Waals surface area (Å²) in [6.45, 7) is 4.49. The first-order valence-corrected chi connectivity index (χ1v) is 14.5. The lowest BCUT2D eigenvalue weighted by molar-refractivity contribution is 0.0734. The van der Waals surface area contributed by atoms with Crippen molar-refractivity contribution in [2.45, 2.75) is 116 Å². The van der Waals surface area contributed by atoms with Gasteiger partial charge in [-0.2, -0.15) is 5.26 Å². The van der Waals surface area contributed by atoms with Crippen LogP contribution < -0.4 is 4.74 Å². The van der Waals surface area contributed by atoms with Crippen molar-refractivity contribution in [3.05, 3.63) is 64.7 Å². The number of nitrogens with zero attached hydrogens (tertiary/aromatic N) is 1. The Morgan fingerprint density at radius 2 is 1.53 bits per heavy atom. The molecule has 3 rings (SSSR count). The van der Waals surface area contributed by atoms with E-state index >= 15 is 0 Å². The van der Waals surface area contributed by atoms with Gasteiger partial charge in [0, 0.05) is 0 Å². The largest absolute Gasteiger partial charge is 0.422 e. The average Bonchev–Trinajstić information content (AvgIpc) is 2.92. The monoisotopic (exact) mass is 487 g/mol. The molecule has 0 spiro atoms. The predicted octanol–water partition coefficient (Wildman–Crippen LogP) is 9.53. The Bertz CT molecular complexity index is 964. The van der Waals surface area contributed by atoms with Gasteiger partial charge in [0.15, 0.2) is 0 Å². The number of ether oxygens (including phenoxy) is 1. The number of carbonyl (C=O) groups is 1. The molecule has 0 aromatic heterocycles. The van der Waals surface area contributed by atoms with Crippen molar-refractivity contribution in [3.8, 4) is 11.8 Å². The van der Waals surface area contributed by atoms with Crippen molar-refractivity contribution in [1.82, 2.24) is 0 Å². The minimum Gasteiger partial charge on any atom is -0.422 e. The molecule has 0 aliphatic heterocycles. The molecule has 0 N–H and O–H groups in total. The van der Waals surface area contributed by atoms with E-state index in [2.05, 4.69) is 32.0 Å². The predicted molar refractivity (Wildman–Crippen MR) is 148 cm³/mol. The fourth-order valence-electron chi connectivity index (χ4n) is 5.54. The summed E-state index contributed by atoms with van der Waals surface area (Å²) in [6, 6.07) is 15.8. The first-order valence-electron chi connectivity index (χ1n) is 14.5. The fraction of sp³-hybridized carbons (Fsp3) is 0.576. The fourth-order valence-corrected chi connectivity index (χ4v) is 5.54. The first kappa shape index (κ1) is 28.0. The molecule has 194 valence electrons. The SMILES string of the molecule is CCCCCCCc1ccc(OC(=O)c2ccc(C3CCC(CCCCCC)CC3)cc2)c(C#N)c1. The lowest BCUT2D eigenvalue weighted by Gasteiger charge is -2.29. The van der Waals surface area contributed by atoms with E-state index in [0.717, 1.165) is 24.3 Å². The molecule has 1 aliphatic rings. The van der Waals surface area contributed by atoms with Crippen molar-refractivity contribution in [3.63, 3.8) is 0 Å². The minimum absolute atomic E-state index is 0.346. The molecule has 3 nitrogen and oxygen atoms in total. The Morgan fingerprint density at radius 1 is 0.861 bits per heavy atom. The van der Waals surface area contributed by atoms with E-state index in [9.17, 15) is 10.1 Å². The third kappa shape index (κ3) is 8.81. The third-order valence-electron chi connectivity index (χ3n) is 7.87. The van der Waals surface area contributed by atoms with E-state index in [0.29, 0.717) is 22.8 Å². The molecule has 0 bridgehead atoms. The Labute approximate surface area is 219 Å². The van der Waals surface area contributed by atoms with Gasteiger partial charge in [-0.15, -0.1) is 0 Å². The number of aryl methyl sites for hydroxylation is 1. The molecule has 1 aliphatic carbocycles. The van der Waals surface area contributed by atoms with Gasteiger partial charge < -0.3 is 4.74 Å². The summed E-state index contributed by atoms with van der Waals surface area (Å²) in [6.07, 6.45) is 19.0. The van der Waals surface area contributed by atoms with Gasteiger partial charge >= 0.3 is 5.97 Å². The minimum atomic E-state index is -0.402. The molecule has 2 aromatic carbocycles. The van der Waals surface area contributed by atoms with Crippen LogP contribution in [0.4, 0.5) is 0 Å². The number of rotatable bonds is 14. The molecule has 0 heterocycles. The number of benzene rings is 2. The van der Waals surface area contributed by atoms with Gasteiger partial charge in [-0.1, -0.05) is 89.8 Å². The number of unbranched alkanes of at least 4 members (excludes halogenated alkanes) is 7. The van der Waals surface area contributed by atoms with Crippen LogP contribution in [0.1, 0.15) is 137 Å². The van der Waals surface area contributed by atoms with Crippen LogP contribution in [0.15, 0.2) is 42.5 Å². The lowest BCUT2D eigenvalue weighted by atomic mass is 9.77. The van der Waals surface area contributed by atoms with E-state index in [-0.39, 0.29) is 0 Å². The van der Waals surface area contributed by atoms with Gasteiger partial charge in [-0.3, -0.25) is 0 Å². The third-order valence-corrected chi connectivity index (χ3v) is 7.87. The van der Waals surface area contributed by atoms with Gasteiger partial charge in [-0.25, -0.2) is 4.79 Å². The lowest BCUT2D eigenvalue weighted by Crippen LogP contribution is -2.14. The van der Waals surface area contributed by atoms with Crippen molar-refractivity contribution >= 4 is 5.97 Å². The summed E-state index contributed by atoms with van der Waals surface area (Å²) < 4.78 is 5.63. The van der Waals surface area contributed by atoms with Gasteiger partial charge in [0.25, 0.3) is 0 Å². The molecule has 2 aromatic rings. The van der Waals surface area contributed by atoms with Gasteiger partial charge in [0.1, 0.15) is 11.8 Å². The van der Waals surface area contributed by atoms with E-state index < -0.39 is 5.97 Å². The van der Waals surface area contributed by atoms with Crippen LogP contribution in [0.25, 0.3) is 0 Å². The number of carbonyl (C=O) groups excluding carboxylic acids is 1. The van der Waals surface area contributed by atoms with E-state index in [1.165, 1.54) is 89.0 Å². The molecule has 0 saturated heterocycles. The molecular weight excluding hydrogens is 442 g/mol. The zero-order chi connectivity index (χ0) is 25.6. The highest BCUT2D eigenvalue weighted by molar-refractivity contribution is 5.91. The molecule has 0 amide bonds. The highest BCUT2D eigenvalue weighted by atomic mass is 16.5. The topological polar surface area (TPSA) is 50.1 Å². The molecule has 1 saturated carbocycles.